The molecule has 1 unspecified atom stereocenters. The highest BCUT2D eigenvalue weighted by Crippen LogP contribution is 2.25. The van der Waals surface area contributed by atoms with Crippen molar-refractivity contribution >= 4 is 28.3 Å². The zero-order valence-electron chi connectivity index (χ0n) is 24.0. The van der Waals surface area contributed by atoms with Crippen molar-refractivity contribution in [1.29, 1.82) is 0 Å². The van der Waals surface area contributed by atoms with E-state index in [1.54, 1.807) is 13.2 Å². The van der Waals surface area contributed by atoms with Crippen LogP contribution in [0.3, 0.4) is 0 Å². The topological polar surface area (TPSA) is 79.4 Å². The van der Waals surface area contributed by atoms with Crippen LogP contribution in [0.4, 0.5) is 0 Å². The Balaban J connectivity index is 1.36. The molecule has 2 aromatic rings. The number of isothiocyanates is 1. The van der Waals surface area contributed by atoms with E-state index < -0.39 is 0 Å². The first kappa shape index (κ1) is 30.8. The SMILES string of the molecule is COCOC1CCN(CCN(CC2CCCCCCC2)C(CCOc2ccc3[nH]c(=O)ccc3c2)N=C=S)CC1. The van der Waals surface area contributed by atoms with E-state index in [0.29, 0.717) is 25.4 Å². The molecular formula is C31H46N4O4S. The van der Waals surface area contributed by atoms with Gasteiger partial charge in [0.2, 0.25) is 5.56 Å². The van der Waals surface area contributed by atoms with Crippen LogP contribution >= 0.6 is 12.2 Å². The fraction of sp³-hybridized carbons (Fsp3) is 0.677. The molecule has 1 saturated heterocycles. The highest BCUT2D eigenvalue weighted by Gasteiger charge is 2.25. The highest BCUT2D eigenvalue weighted by molar-refractivity contribution is 7.78. The predicted molar refractivity (Wildman–Crippen MR) is 163 cm³/mol. The summed E-state index contributed by atoms with van der Waals surface area (Å²) in [6.07, 6.45) is 12.4. The number of ether oxygens (including phenoxy) is 3. The normalized spacial score (nSPS) is 18.8. The first-order chi connectivity index (χ1) is 19.6. The van der Waals surface area contributed by atoms with E-state index >= 15 is 0 Å². The van der Waals surface area contributed by atoms with Crippen LogP contribution in [0.5, 0.6) is 5.75 Å². The maximum absolute atomic E-state index is 11.6. The van der Waals surface area contributed by atoms with E-state index in [9.17, 15) is 4.79 Å². The number of rotatable bonds is 14. The third kappa shape index (κ3) is 10.1. The van der Waals surface area contributed by atoms with Crippen LogP contribution in [0, 0.1) is 5.92 Å². The average molecular weight is 571 g/mol. The molecule has 2 aliphatic rings. The smallest absolute Gasteiger partial charge is 0.248 e. The van der Waals surface area contributed by atoms with Crippen molar-refractivity contribution in [2.45, 2.75) is 76.5 Å². The van der Waals surface area contributed by atoms with Crippen molar-refractivity contribution in [3.05, 3.63) is 40.7 Å². The van der Waals surface area contributed by atoms with Gasteiger partial charge in [0.25, 0.3) is 0 Å². The molecule has 0 amide bonds. The number of H-pyrrole nitrogens is 1. The Bertz CT molecular complexity index is 1120. The Kier molecular flexibility index (Phi) is 13.1. The minimum atomic E-state index is -0.102. The molecule has 1 aromatic heterocycles. The molecule has 1 N–H and O–H groups in total. The van der Waals surface area contributed by atoms with Gasteiger partial charge >= 0.3 is 0 Å². The Morgan fingerprint density at radius 3 is 2.62 bits per heavy atom. The summed E-state index contributed by atoms with van der Waals surface area (Å²) in [6, 6.07) is 9.13. The Morgan fingerprint density at radius 2 is 1.88 bits per heavy atom. The van der Waals surface area contributed by atoms with Crippen LogP contribution in [-0.2, 0) is 9.47 Å². The zero-order chi connectivity index (χ0) is 28.0. The maximum atomic E-state index is 11.6. The molecule has 1 atom stereocenters. The van der Waals surface area contributed by atoms with Gasteiger partial charge in [-0.25, -0.2) is 4.99 Å². The third-order valence-electron chi connectivity index (χ3n) is 8.34. The summed E-state index contributed by atoms with van der Waals surface area (Å²) in [6.45, 7) is 6.00. The number of nitrogens with zero attached hydrogens (tertiary/aromatic N) is 3. The fourth-order valence-corrected chi connectivity index (χ4v) is 6.17. The van der Waals surface area contributed by atoms with E-state index in [4.69, 9.17) is 26.4 Å². The fourth-order valence-electron chi connectivity index (χ4n) is 6.04. The molecule has 1 aliphatic carbocycles. The number of nitrogens with one attached hydrogen (secondary N) is 1. The summed E-state index contributed by atoms with van der Waals surface area (Å²) in [5.41, 5.74) is 0.706. The molecule has 0 bridgehead atoms. The molecule has 40 heavy (non-hydrogen) atoms. The molecule has 2 heterocycles. The van der Waals surface area contributed by atoms with Crippen molar-refractivity contribution in [2.75, 3.05) is 53.2 Å². The summed E-state index contributed by atoms with van der Waals surface area (Å²) in [5, 5.41) is 3.64. The maximum Gasteiger partial charge on any atom is 0.248 e. The third-order valence-corrected chi connectivity index (χ3v) is 8.45. The molecule has 1 saturated carbocycles. The van der Waals surface area contributed by atoms with E-state index in [2.05, 4.69) is 24.9 Å². The van der Waals surface area contributed by atoms with Crippen LogP contribution in [0.15, 0.2) is 40.1 Å². The van der Waals surface area contributed by atoms with Crippen molar-refractivity contribution in [2.24, 2.45) is 10.9 Å². The van der Waals surface area contributed by atoms with Gasteiger partial charge in [0.05, 0.1) is 17.9 Å². The Labute approximate surface area is 244 Å². The molecule has 1 aromatic carbocycles. The van der Waals surface area contributed by atoms with Gasteiger partial charge in [-0.1, -0.05) is 32.1 Å². The zero-order valence-corrected chi connectivity index (χ0v) is 24.8. The van der Waals surface area contributed by atoms with Crippen LogP contribution < -0.4 is 10.3 Å². The molecular weight excluding hydrogens is 524 g/mol. The molecule has 2 fully saturated rings. The van der Waals surface area contributed by atoms with Gasteiger partial charge < -0.3 is 24.1 Å². The lowest BCUT2D eigenvalue weighted by Gasteiger charge is -2.36. The molecule has 1 aliphatic heterocycles. The number of thiocarbonyl (C=S) groups is 1. The lowest BCUT2D eigenvalue weighted by Crippen LogP contribution is -2.46. The summed E-state index contributed by atoms with van der Waals surface area (Å²) < 4.78 is 17.0. The number of pyridine rings is 1. The van der Waals surface area contributed by atoms with Crippen LogP contribution in [0.1, 0.15) is 64.2 Å². The number of methoxy groups -OCH3 is 1. The minimum absolute atomic E-state index is 0.0534. The quantitative estimate of drug-likeness (QED) is 0.183. The lowest BCUT2D eigenvalue weighted by molar-refractivity contribution is -0.0890. The van der Waals surface area contributed by atoms with E-state index in [0.717, 1.165) is 68.6 Å². The number of aromatic nitrogens is 1. The first-order valence-corrected chi connectivity index (χ1v) is 15.4. The standard InChI is InChI=1S/C31H46N4O4S/c1-37-24-39-27-13-16-34(17-14-27)18-19-35(22-25-7-5-3-2-4-6-8-25)30(32-23-40)15-20-38-28-10-11-29-26(21-28)9-12-31(36)33-29/h9-12,21,25,27,30H,2-8,13-20,22,24H2,1H3,(H,33,36). The largest absolute Gasteiger partial charge is 0.493 e. The summed E-state index contributed by atoms with van der Waals surface area (Å²) >= 11 is 5.11. The number of aromatic amines is 1. The van der Waals surface area contributed by atoms with Crippen LogP contribution in [0.25, 0.3) is 10.9 Å². The second kappa shape index (κ2) is 17.0. The van der Waals surface area contributed by atoms with E-state index in [-0.39, 0.29) is 11.7 Å². The number of benzene rings is 1. The summed E-state index contributed by atoms with van der Waals surface area (Å²) in [5.74, 6) is 1.48. The summed E-state index contributed by atoms with van der Waals surface area (Å²) in [4.78, 5) is 24.2. The van der Waals surface area contributed by atoms with Crippen LogP contribution in [-0.4, -0.2) is 85.4 Å². The monoisotopic (exact) mass is 570 g/mol. The van der Waals surface area contributed by atoms with Gasteiger partial charge in [-0.05, 0) is 68.1 Å². The minimum Gasteiger partial charge on any atom is -0.493 e. The van der Waals surface area contributed by atoms with Gasteiger partial charge in [0.1, 0.15) is 18.7 Å². The van der Waals surface area contributed by atoms with E-state index in [1.165, 1.54) is 44.9 Å². The lowest BCUT2D eigenvalue weighted by atomic mass is 9.90. The van der Waals surface area contributed by atoms with Crippen molar-refractivity contribution < 1.29 is 14.2 Å². The van der Waals surface area contributed by atoms with Gasteiger partial charge in [-0.15, -0.1) is 0 Å². The van der Waals surface area contributed by atoms with E-state index in [1.807, 2.05) is 24.3 Å². The first-order valence-electron chi connectivity index (χ1n) is 15.0. The van der Waals surface area contributed by atoms with Gasteiger partial charge in [0, 0.05) is 63.2 Å². The number of aliphatic imine (C=N–C) groups is 1. The summed E-state index contributed by atoms with van der Waals surface area (Å²) in [7, 11) is 1.68. The van der Waals surface area contributed by atoms with Crippen molar-refractivity contribution in [1.82, 2.24) is 14.8 Å². The van der Waals surface area contributed by atoms with Gasteiger partial charge in [-0.2, -0.15) is 0 Å². The number of piperidine rings is 1. The Hall–Kier alpha value is -2.13. The molecule has 220 valence electrons. The molecule has 0 radical (unpaired) electrons. The number of fused-ring (bicyclic) bond motifs is 1. The predicted octanol–water partition coefficient (Wildman–Crippen LogP) is 5.47. The van der Waals surface area contributed by atoms with Gasteiger partial charge in [0.15, 0.2) is 0 Å². The number of hydrogen-bond donors (Lipinski definition) is 1. The molecule has 9 heteroatoms. The number of likely N-dealkylation sites (tertiary alicyclic amines) is 1. The molecule has 4 rings (SSSR count). The number of hydrogen-bond acceptors (Lipinski definition) is 8. The van der Waals surface area contributed by atoms with Crippen molar-refractivity contribution in [3.63, 3.8) is 0 Å². The molecule has 0 spiro atoms. The van der Waals surface area contributed by atoms with Crippen LogP contribution in [0.2, 0.25) is 0 Å². The Morgan fingerprint density at radius 1 is 1.10 bits per heavy atom. The second-order valence-corrected chi connectivity index (χ2v) is 11.4. The second-order valence-electron chi connectivity index (χ2n) is 11.2. The average Bonchev–Trinajstić information content (AvgIpc) is 2.95. The molecule has 8 nitrogen and oxygen atoms in total. The van der Waals surface area contributed by atoms with Gasteiger partial charge in [-0.3, -0.25) is 9.69 Å². The van der Waals surface area contributed by atoms with Crippen molar-refractivity contribution in [3.8, 4) is 5.75 Å². The highest BCUT2D eigenvalue weighted by atomic mass is 32.1.